The molecular weight excluding hydrogens is 483 g/mol. The predicted molar refractivity (Wildman–Crippen MR) is 145 cm³/mol. The molecule has 0 radical (unpaired) electrons. The number of nitrogens with one attached hydrogen (secondary N) is 2. The zero-order chi connectivity index (χ0) is 27.0. The third kappa shape index (κ3) is 4.77. The Morgan fingerprint density at radius 1 is 1.16 bits per heavy atom. The Morgan fingerprint density at radius 3 is 2.71 bits per heavy atom. The number of aromatic nitrogens is 3. The van der Waals surface area contributed by atoms with Crippen molar-refractivity contribution in [3.8, 4) is 11.3 Å². The molecule has 0 bridgehead atoms. The van der Waals surface area contributed by atoms with Gasteiger partial charge in [0.25, 0.3) is 5.91 Å². The maximum atomic E-state index is 13.6. The van der Waals surface area contributed by atoms with Gasteiger partial charge in [0, 0.05) is 42.4 Å². The SMILES string of the molecule is CN(C)CCCC(=O)C(C)(C)c1ccc(Nc2ccc(-c3cnc4cc(F)ccn34)c3c2C(=O)NC3)nc1. The number of amides is 1. The lowest BCUT2D eigenvalue weighted by Crippen LogP contribution is -2.30. The van der Waals surface area contributed by atoms with E-state index in [2.05, 4.69) is 25.5 Å². The molecule has 196 valence electrons. The minimum Gasteiger partial charge on any atom is -0.348 e. The number of ketones is 1. The summed E-state index contributed by atoms with van der Waals surface area (Å²) >= 11 is 0. The van der Waals surface area contributed by atoms with Crippen LogP contribution < -0.4 is 10.6 Å². The monoisotopic (exact) mass is 514 g/mol. The number of benzene rings is 1. The molecule has 38 heavy (non-hydrogen) atoms. The predicted octanol–water partition coefficient (Wildman–Crippen LogP) is 4.71. The standard InChI is InChI=1S/C29H31FN6O2/c1-29(2,24(37)6-5-12-35(3)4)18-7-10-25(31-15-18)34-22-9-8-20(21-16-33-28(38)27(21)22)23-17-32-26-14-19(30)11-13-36(23)26/h7-11,13-15,17H,5-6,12,16H2,1-4H3,(H,31,34)(H,33,38). The number of carbonyl (C=O) groups is 2. The summed E-state index contributed by atoms with van der Waals surface area (Å²) in [6, 6.07) is 10.3. The summed E-state index contributed by atoms with van der Waals surface area (Å²) in [6.07, 6.45) is 6.37. The number of pyridine rings is 2. The van der Waals surface area contributed by atoms with Crippen molar-refractivity contribution in [1.82, 2.24) is 24.6 Å². The van der Waals surface area contributed by atoms with Gasteiger partial charge in [-0.2, -0.15) is 0 Å². The second-order valence-electron chi connectivity index (χ2n) is 10.4. The quantitative estimate of drug-likeness (QED) is 0.336. The highest BCUT2D eigenvalue weighted by molar-refractivity contribution is 6.06. The number of hydrogen-bond acceptors (Lipinski definition) is 6. The molecule has 0 spiro atoms. The van der Waals surface area contributed by atoms with Crippen LogP contribution in [0.4, 0.5) is 15.9 Å². The van der Waals surface area contributed by atoms with E-state index in [1.54, 1.807) is 23.0 Å². The fraction of sp³-hybridized carbons (Fsp3) is 0.310. The molecule has 0 fully saturated rings. The van der Waals surface area contributed by atoms with E-state index in [0.29, 0.717) is 35.7 Å². The van der Waals surface area contributed by atoms with E-state index in [4.69, 9.17) is 0 Å². The minimum atomic E-state index is -0.641. The molecule has 0 aliphatic carbocycles. The Hall–Kier alpha value is -4.11. The lowest BCUT2D eigenvalue weighted by molar-refractivity contribution is -0.123. The number of carbonyl (C=O) groups excluding carboxylic acids is 2. The number of Topliss-reactive ketones (excluding diaryl/α,β-unsaturated/α-hetero) is 1. The highest BCUT2D eigenvalue weighted by Gasteiger charge is 2.30. The third-order valence-electron chi connectivity index (χ3n) is 7.17. The molecule has 1 aromatic carbocycles. The Bertz CT molecular complexity index is 1520. The van der Waals surface area contributed by atoms with Crippen LogP contribution in [0.2, 0.25) is 0 Å². The van der Waals surface area contributed by atoms with Crippen molar-refractivity contribution in [3.63, 3.8) is 0 Å². The summed E-state index contributed by atoms with van der Waals surface area (Å²) in [4.78, 5) is 36.6. The van der Waals surface area contributed by atoms with Crippen LogP contribution in [0.15, 0.2) is 55.0 Å². The number of rotatable bonds is 9. The summed E-state index contributed by atoms with van der Waals surface area (Å²) < 4.78 is 15.4. The first kappa shape index (κ1) is 25.5. The molecule has 0 unspecified atom stereocenters. The number of hydrogen-bond donors (Lipinski definition) is 2. The number of fused-ring (bicyclic) bond motifs is 2. The minimum absolute atomic E-state index is 0.176. The highest BCUT2D eigenvalue weighted by Crippen LogP contribution is 2.35. The van der Waals surface area contributed by atoms with Crippen molar-refractivity contribution in [1.29, 1.82) is 0 Å². The maximum absolute atomic E-state index is 13.6. The summed E-state index contributed by atoms with van der Waals surface area (Å²) in [7, 11) is 4.00. The van der Waals surface area contributed by atoms with Gasteiger partial charge >= 0.3 is 0 Å². The van der Waals surface area contributed by atoms with Crippen molar-refractivity contribution >= 4 is 28.8 Å². The normalized spacial score (nSPS) is 13.2. The number of anilines is 2. The summed E-state index contributed by atoms with van der Waals surface area (Å²) in [6.45, 7) is 5.11. The molecule has 1 amide bonds. The van der Waals surface area contributed by atoms with Crippen LogP contribution >= 0.6 is 0 Å². The average molecular weight is 515 g/mol. The van der Waals surface area contributed by atoms with Gasteiger partial charge in [-0.1, -0.05) is 12.1 Å². The van der Waals surface area contributed by atoms with Gasteiger partial charge in [-0.3, -0.25) is 14.0 Å². The van der Waals surface area contributed by atoms with Gasteiger partial charge in [0.2, 0.25) is 0 Å². The molecule has 2 N–H and O–H groups in total. The second-order valence-corrected chi connectivity index (χ2v) is 10.4. The zero-order valence-electron chi connectivity index (χ0n) is 22.0. The van der Waals surface area contributed by atoms with Crippen LogP contribution in [-0.4, -0.2) is 51.6 Å². The molecule has 0 saturated heterocycles. The van der Waals surface area contributed by atoms with Crippen molar-refractivity contribution in [2.45, 2.75) is 38.6 Å². The Balaban J connectivity index is 1.39. The van der Waals surface area contributed by atoms with E-state index in [1.807, 2.05) is 52.2 Å². The molecule has 0 saturated carbocycles. The third-order valence-corrected chi connectivity index (χ3v) is 7.17. The molecule has 1 aliphatic heterocycles. The molecule has 4 aromatic rings. The van der Waals surface area contributed by atoms with Crippen molar-refractivity contribution in [2.75, 3.05) is 26.0 Å². The van der Waals surface area contributed by atoms with E-state index >= 15 is 0 Å². The van der Waals surface area contributed by atoms with Gasteiger partial charge < -0.3 is 15.5 Å². The first-order valence-electron chi connectivity index (χ1n) is 12.6. The molecule has 8 nitrogen and oxygen atoms in total. The lowest BCUT2D eigenvalue weighted by atomic mass is 9.80. The molecule has 0 atom stereocenters. The fourth-order valence-corrected chi connectivity index (χ4v) is 4.85. The zero-order valence-corrected chi connectivity index (χ0v) is 22.0. The van der Waals surface area contributed by atoms with Gasteiger partial charge in [0.15, 0.2) is 0 Å². The van der Waals surface area contributed by atoms with Gasteiger partial charge in [0.05, 0.1) is 23.1 Å². The van der Waals surface area contributed by atoms with E-state index in [1.165, 1.54) is 12.1 Å². The van der Waals surface area contributed by atoms with Crippen LogP contribution in [0.3, 0.4) is 0 Å². The summed E-state index contributed by atoms with van der Waals surface area (Å²) in [5.74, 6) is 0.226. The first-order chi connectivity index (χ1) is 18.1. The van der Waals surface area contributed by atoms with E-state index < -0.39 is 5.41 Å². The van der Waals surface area contributed by atoms with Crippen molar-refractivity contribution in [3.05, 3.63) is 77.5 Å². The smallest absolute Gasteiger partial charge is 0.254 e. The van der Waals surface area contributed by atoms with Gasteiger partial charge in [-0.25, -0.2) is 14.4 Å². The van der Waals surface area contributed by atoms with Crippen molar-refractivity contribution in [2.24, 2.45) is 0 Å². The highest BCUT2D eigenvalue weighted by atomic mass is 19.1. The number of nitrogens with zero attached hydrogens (tertiary/aromatic N) is 4. The van der Waals surface area contributed by atoms with Gasteiger partial charge in [-0.05, 0) is 70.2 Å². The molecule has 1 aliphatic rings. The number of imidazole rings is 1. The topological polar surface area (TPSA) is 91.6 Å². The average Bonchev–Trinajstić information content (AvgIpc) is 3.48. The van der Waals surface area contributed by atoms with Gasteiger partial charge in [0.1, 0.15) is 23.1 Å². The van der Waals surface area contributed by atoms with E-state index in [0.717, 1.165) is 35.3 Å². The van der Waals surface area contributed by atoms with Crippen LogP contribution in [-0.2, 0) is 16.8 Å². The maximum Gasteiger partial charge on any atom is 0.254 e. The largest absolute Gasteiger partial charge is 0.348 e. The van der Waals surface area contributed by atoms with Gasteiger partial charge in [-0.15, -0.1) is 0 Å². The van der Waals surface area contributed by atoms with Crippen LogP contribution in [0.25, 0.3) is 16.9 Å². The molecular formula is C29H31FN6O2. The number of halogens is 1. The van der Waals surface area contributed by atoms with E-state index in [9.17, 15) is 14.0 Å². The summed E-state index contributed by atoms with van der Waals surface area (Å²) in [5.41, 5.74) is 4.35. The Labute approximate surface area is 220 Å². The molecule has 3 aromatic heterocycles. The fourth-order valence-electron chi connectivity index (χ4n) is 4.85. The first-order valence-corrected chi connectivity index (χ1v) is 12.6. The summed E-state index contributed by atoms with van der Waals surface area (Å²) in [5, 5.41) is 6.18. The lowest BCUT2D eigenvalue weighted by Gasteiger charge is -2.24. The Kier molecular flexibility index (Phi) is 6.71. The Morgan fingerprint density at radius 2 is 1.97 bits per heavy atom. The van der Waals surface area contributed by atoms with Crippen molar-refractivity contribution < 1.29 is 14.0 Å². The van der Waals surface area contributed by atoms with E-state index in [-0.39, 0.29) is 17.5 Å². The molecule has 9 heteroatoms. The van der Waals surface area contributed by atoms with Crippen LogP contribution in [0.5, 0.6) is 0 Å². The molecule has 4 heterocycles. The van der Waals surface area contributed by atoms with Crippen LogP contribution in [0, 0.1) is 5.82 Å². The molecule has 5 rings (SSSR count). The second kappa shape index (κ2) is 9.98. The van der Waals surface area contributed by atoms with Crippen LogP contribution in [0.1, 0.15) is 48.2 Å².